The fraction of sp³-hybridized carbons (Fsp3) is 0.500. The van der Waals surface area contributed by atoms with Crippen molar-refractivity contribution in [3.63, 3.8) is 0 Å². The van der Waals surface area contributed by atoms with E-state index >= 15 is 0 Å². The number of benzene rings is 1. The van der Waals surface area contributed by atoms with Gasteiger partial charge >= 0.3 is 0 Å². The molecule has 106 valence electrons. The molecule has 1 aromatic heterocycles. The summed E-state index contributed by atoms with van der Waals surface area (Å²) in [5, 5.41) is 11.6. The highest BCUT2D eigenvalue weighted by molar-refractivity contribution is 5.81. The summed E-state index contributed by atoms with van der Waals surface area (Å²) in [5.41, 5.74) is 2.24. The summed E-state index contributed by atoms with van der Waals surface area (Å²) in [7, 11) is 0. The molecule has 1 N–H and O–H groups in total. The number of aliphatic hydroxyl groups excluding tert-OH is 1. The maximum absolute atomic E-state index is 10.4. The second kappa shape index (κ2) is 6.36. The summed E-state index contributed by atoms with van der Waals surface area (Å²) >= 11 is 0. The van der Waals surface area contributed by atoms with Crippen LogP contribution in [0.5, 0.6) is 0 Å². The van der Waals surface area contributed by atoms with Crippen LogP contribution in [-0.2, 0) is 6.42 Å². The van der Waals surface area contributed by atoms with E-state index < -0.39 is 0 Å². The molecule has 2 heteroatoms. The molecule has 1 heterocycles. The van der Waals surface area contributed by atoms with Crippen LogP contribution in [0.25, 0.3) is 10.9 Å². The Hall–Kier alpha value is -1.41. The normalized spacial score (nSPS) is 18.2. The Labute approximate surface area is 120 Å². The van der Waals surface area contributed by atoms with Gasteiger partial charge in [-0.15, -0.1) is 0 Å². The molecule has 0 saturated heterocycles. The topological polar surface area (TPSA) is 33.1 Å². The average molecular weight is 269 g/mol. The van der Waals surface area contributed by atoms with Crippen molar-refractivity contribution in [2.75, 3.05) is 0 Å². The summed E-state index contributed by atoms with van der Waals surface area (Å²) < 4.78 is 0. The Bertz CT molecular complexity index is 555. The van der Waals surface area contributed by atoms with Crippen molar-refractivity contribution >= 4 is 10.9 Å². The van der Waals surface area contributed by atoms with Gasteiger partial charge in [0.1, 0.15) is 0 Å². The standard InChI is InChI=1S/C18H23NO/c20-16(12-14-6-2-1-3-7-14)13-15-10-11-19-18-9-5-4-8-17(15)18/h4-5,8-11,14,16,20H,1-3,6-7,12-13H2. The molecule has 1 atom stereocenters. The van der Waals surface area contributed by atoms with E-state index in [9.17, 15) is 5.11 Å². The van der Waals surface area contributed by atoms with Crippen molar-refractivity contribution in [3.05, 3.63) is 42.1 Å². The first-order valence-corrected chi connectivity index (χ1v) is 7.83. The van der Waals surface area contributed by atoms with Gasteiger partial charge in [0.25, 0.3) is 0 Å². The van der Waals surface area contributed by atoms with Gasteiger partial charge in [0, 0.05) is 11.6 Å². The molecule has 1 aliphatic rings. The number of nitrogens with zero attached hydrogens (tertiary/aromatic N) is 1. The van der Waals surface area contributed by atoms with Crippen LogP contribution in [0.4, 0.5) is 0 Å². The molecule has 0 aliphatic heterocycles. The number of fused-ring (bicyclic) bond motifs is 1. The summed E-state index contributed by atoms with van der Waals surface area (Å²) in [4.78, 5) is 4.38. The minimum absolute atomic E-state index is 0.219. The second-order valence-corrected chi connectivity index (χ2v) is 6.08. The van der Waals surface area contributed by atoms with E-state index in [1.807, 2.05) is 30.5 Å². The van der Waals surface area contributed by atoms with Crippen LogP contribution in [0.3, 0.4) is 0 Å². The summed E-state index contributed by atoms with van der Waals surface area (Å²) in [6.45, 7) is 0. The van der Waals surface area contributed by atoms with E-state index in [4.69, 9.17) is 0 Å². The molecule has 1 aliphatic carbocycles. The highest BCUT2D eigenvalue weighted by Gasteiger charge is 2.18. The van der Waals surface area contributed by atoms with Crippen LogP contribution in [0.15, 0.2) is 36.5 Å². The highest BCUT2D eigenvalue weighted by atomic mass is 16.3. The van der Waals surface area contributed by atoms with Crippen molar-refractivity contribution in [2.45, 2.75) is 51.0 Å². The van der Waals surface area contributed by atoms with Gasteiger partial charge in [-0.3, -0.25) is 4.98 Å². The fourth-order valence-electron chi connectivity index (χ4n) is 3.48. The Morgan fingerprint density at radius 1 is 1.10 bits per heavy atom. The molecule has 0 radical (unpaired) electrons. The third kappa shape index (κ3) is 3.18. The largest absolute Gasteiger partial charge is 0.393 e. The van der Waals surface area contributed by atoms with Gasteiger partial charge in [0.15, 0.2) is 0 Å². The van der Waals surface area contributed by atoms with E-state index in [1.54, 1.807) is 0 Å². The molecule has 1 saturated carbocycles. The number of para-hydroxylation sites is 1. The van der Waals surface area contributed by atoms with Crippen molar-refractivity contribution in [1.82, 2.24) is 4.98 Å². The number of aromatic nitrogens is 1. The Kier molecular flexibility index (Phi) is 4.31. The molecule has 3 rings (SSSR count). The first-order chi connectivity index (χ1) is 9.83. The lowest BCUT2D eigenvalue weighted by atomic mass is 9.84. The van der Waals surface area contributed by atoms with Crippen LogP contribution in [0, 0.1) is 5.92 Å². The van der Waals surface area contributed by atoms with Crippen molar-refractivity contribution in [1.29, 1.82) is 0 Å². The van der Waals surface area contributed by atoms with E-state index in [0.717, 1.165) is 24.3 Å². The maximum Gasteiger partial charge on any atom is 0.0704 e. The zero-order chi connectivity index (χ0) is 13.8. The summed E-state index contributed by atoms with van der Waals surface area (Å²) in [6.07, 6.45) is 10.00. The van der Waals surface area contributed by atoms with Gasteiger partial charge in [-0.2, -0.15) is 0 Å². The van der Waals surface area contributed by atoms with Crippen LogP contribution >= 0.6 is 0 Å². The number of aliphatic hydroxyl groups is 1. The van der Waals surface area contributed by atoms with Gasteiger partial charge in [-0.25, -0.2) is 0 Å². The molecule has 0 spiro atoms. The Morgan fingerprint density at radius 3 is 2.75 bits per heavy atom. The predicted molar refractivity (Wildman–Crippen MR) is 82.6 cm³/mol. The number of hydrogen-bond acceptors (Lipinski definition) is 2. The lowest BCUT2D eigenvalue weighted by Crippen LogP contribution is -2.18. The van der Waals surface area contributed by atoms with E-state index in [1.165, 1.54) is 43.1 Å². The number of hydrogen-bond donors (Lipinski definition) is 1. The highest BCUT2D eigenvalue weighted by Crippen LogP contribution is 2.28. The number of rotatable bonds is 4. The van der Waals surface area contributed by atoms with Crippen molar-refractivity contribution in [3.8, 4) is 0 Å². The van der Waals surface area contributed by atoms with Crippen molar-refractivity contribution < 1.29 is 5.11 Å². The molecule has 0 bridgehead atoms. The second-order valence-electron chi connectivity index (χ2n) is 6.08. The SMILES string of the molecule is OC(Cc1ccnc2ccccc12)CC1CCCCC1. The molecule has 1 fully saturated rings. The summed E-state index contributed by atoms with van der Waals surface area (Å²) in [5.74, 6) is 0.729. The average Bonchev–Trinajstić information content (AvgIpc) is 2.48. The van der Waals surface area contributed by atoms with E-state index in [2.05, 4.69) is 11.1 Å². The minimum atomic E-state index is -0.219. The minimum Gasteiger partial charge on any atom is -0.393 e. The lowest BCUT2D eigenvalue weighted by molar-refractivity contribution is 0.130. The molecular formula is C18H23NO. The smallest absolute Gasteiger partial charge is 0.0704 e. The van der Waals surface area contributed by atoms with Crippen LogP contribution in [-0.4, -0.2) is 16.2 Å². The predicted octanol–water partition coefficient (Wildman–Crippen LogP) is 4.11. The van der Waals surface area contributed by atoms with E-state index in [0.29, 0.717) is 0 Å². The third-order valence-corrected chi connectivity index (χ3v) is 4.53. The van der Waals surface area contributed by atoms with E-state index in [-0.39, 0.29) is 6.10 Å². The fourth-order valence-corrected chi connectivity index (χ4v) is 3.48. The van der Waals surface area contributed by atoms with Gasteiger partial charge in [0.2, 0.25) is 0 Å². The van der Waals surface area contributed by atoms with Crippen LogP contribution < -0.4 is 0 Å². The first-order valence-electron chi connectivity index (χ1n) is 7.83. The Morgan fingerprint density at radius 2 is 1.90 bits per heavy atom. The molecule has 2 nitrogen and oxygen atoms in total. The van der Waals surface area contributed by atoms with Crippen LogP contribution in [0.2, 0.25) is 0 Å². The quantitative estimate of drug-likeness (QED) is 0.906. The third-order valence-electron chi connectivity index (χ3n) is 4.53. The van der Waals surface area contributed by atoms with Crippen molar-refractivity contribution in [2.24, 2.45) is 5.92 Å². The zero-order valence-corrected chi connectivity index (χ0v) is 12.0. The summed E-state index contributed by atoms with van der Waals surface area (Å²) in [6, 6.07) is 10.2. The molecule has 2 aromatic rings. The van der Waals surface area contributed by atoms with Crippen LogP contribution in [0.1, 0.15) is 44.1 Å². The molecule has 20 heavy (non-hydrogen) atoms. The van der Waals surface area contributed by atoms with Gasteiger partial charge < -0.3 is 5.11 Å². The monoisotopic (exact) mass is 269 g/mol. The zero-order valence-electron chi connectivity index (χ0n) is 12.0. The lowest BCUT2D eigenvalue weighted by Gasteiger charge is -2.24. The molecule has 0 amide bonds. The van der Waals surface area contributed by atoms with Gasteiger partial charge in [-0.1, -0.05) is 50.3 Å². The molecule has 1 unspecified atom stereocenters. The first kappa shape index (κ1) is 13.6. The molecular weight excluding hydrogens is 246 g/mol. The van der Waals surface area contributed by atoms with Gasteiger partial charge in [-0.05, 0) is 36.5 Å². The Balaban J connectivity index is 1.69. The number of pyridine rings is 1. The van der Waals surface area contributed by atoms with Gasteiger partial charge in [0.05, 0.1) is 11.6 Å². The molecule has 1 aromatic carbocycles. The maximum atomic E-state index is 10.4.